The minimum absolute atomic E-state index is 0.00831. The van der Waals surface area contributed by atoms with Crippen molar-refractivity contribution in [1.82, 2.24) is 19.4 Å². The second-order valence-electron chi connectivity index (χ2n) is 7.39. The molecule has 3 heterocycles. The smallest absolute Gasteiger partial charge is 0.328 e. The summed E-state index contributed by atoms with van der Waals surface area (Å²) < 4.78 is 7.16. The maximum absolute atomic E-state index is 12.7. The molecular weight excluding hydrogens is 408 g/mol. The van der Waals surface area contributed by atoms with E-state index >= 15 is 0 Å². The summed E-state index contributed by atoms with van der Waals surface area (Å²) in [5, 5.41) is 0.688. The second kappa shape index (κ2) is 8.71. The Balaban J connectivity index is 1.40. The number of carbonyl (C=O) groups is 1. The molecule has 0 radical (unpaired) electrons. The van der Waals surface area contributed by atoms with E-state index in [1.165, 1.54) is 16.8 Å². The predicted molar refractivity (Wildman–Crippen MR) is 111 cm³/mol. The molecule has 1 fully saturated rings. The maximum Gasteiger partial charge on any atom is 0.328 e. The molecule has 0 spiro atoms. The van der Waals surface area contributed by atoms with Crippen molar-refractivity contribution in [3.8, 4) is 0 Å². The van der Waals surface area contributed by atoms with Gasteiger partial charge in [-0.25, -0.2) is 9.78 Å². The number of aromatic nitrogens is 3. The van der Waals surface area contributed by atoms with Gasteiger partial charge in [0, 0.05) is 36.8 Å². The van der Waals surface area contributed by atoms with Gasteiger partial charge in [0.2, 0.25) is 5.91 Å². The number of rotatable bonds is 5. The zero-order valence-electron chi connectivity index (χ0n) is 16.2. The number of nitrogens with zero attached hydrogens (tertiary/aromatic N) is 3. The van der Waals surface area contributed by atoms with Gasteiger partial charge in [0.05, 0.1) is 12.1 Å². The third-order valence-electron chi connectivity index (χ3n) is 5.19. The topological polar surface area (TPSA) is 101 Å². The number of H-pyrrole nitrogens is 1. The lowest BCUT2D eigenvalue weighted by Gasteiger charge is -2.31. The third kappa shape index (κ3) is 4.71. The molecule has 1 aromatic carbocycles. The highest BCUT2D eigenvalue weighted by atomic mass is 35.5. The number of halogens is 1. The number of amides is 1. The van der Waals surface area contributed by atoms with Gasteiger partial charge >= 0.3 is 5.69 Å². The van der Waals surface area contributed by atoms with E-state index in [2.05, 4.69) is 9.97 Å². The molecule has 30 heavy (non-hydrogen) atoms. The quantitative estimate of drug-likeness (QED) is 0.671. The van der Waals surface area contributed by atoms with Gasteiger partial charge < -0.3 is 9.32 Å². The lowest BCUT2D eigenvalue weighted by Crippen LogP contribution is -2.42. The number of piperidine rings is 1. The summed E-state index contributed by atoms with van der Waals surface area (Å²) in [6.45, 7) is 0.985. The lowest BCUT2D eigenvalue weighted by molar-refractivity contribution is -0.133. The van der Waals surface area contributed by atoms with Crippen molar-refractivity contribution in [2.75, 3.05) is 13.1 Å². The van der Waals surface area contributed by atoms with Crippen LogP contribution < -0.4 is 11.2 Å². The van der Waals surface area contributed by atoms with E-state index in [9.17, 15) is 14.4 Å². The zero-order valence-corrected chi connectivity index (χ0v) is 17.0. The fourth-order valence-electron chi connectivity index (χ4n) is 3.62. The predicted octanol–water partition coefficient (Wildman–Crippen LogP) is 2.17. The Morgan fingerprint density at radius 2 is 2.03 bits per heavy atom. The highest BCUT2D eigenvalue weighted by molar-refractivity contribution is 6.30. The lowest BCUT2D eigenvalue weighted by atomic mass is 9.98. The van der Waals surface area contributed by atoms with Crippen LogP contribution in [0.1, 0.15) is 36.0 Å². The number of carbonyl (C=O) groups excluding carboxylic acids is 1. The van der Waals surface area contributed by atoms with Crippen LogP contribution >= 0.6 is 11.6 Å². The molecule has 8 nitrogen and oxygen atoms in total. The summed E-state index contributed by atoms with van der Waals surface area (Å²) >= 11 is 5.92. The van der Waals surface area contributed by atoms with Crippen molar-refractivity contribution in [2.24, 2.45) is 0 Å². The molecule has 3 aromatic rings. The number of hydrogen-bond donors (Lipinski definition) is 1. The standard InChI is InChI=1S/C21H21ClN4O4/c22-16-5-3-14(4-6-16)10-17-11-23-20(30-17)15-2-1-8-25(12-15)19(28)13-26-9-7-18(27)24-21(26)29/h3-7,9,11,15H,1-2,8,10,12-13H2,(H,24,27,29)/t15-/m0/s1. The first-order valence-corrected chi connectivity index (χ1v) is 10.1. The molecular formula is C21H21ClN4O4. The van der Waals surface area contributed by atoms with Crippen molar-refractivity contribution < 1.29 is 9.21 Å². The van der Waals surface area contributed by atoms with Crippen LogP contribution in [0.5, 0.6) is 0 Å². The Kier molecular flexibility index (Phi) is 5.85. The Labute approximate surface area is 177 Å². The van der Waals surface area contributed by atoms with E-state index in [1.54, 1.807) is 11.1 Å². The van der Waals surface area contributed by atoms with Gasteiger partial charge in [-0.05, 0) is 30.5 Å². The van der Waals surface area contributed by atoms with Gasteiger partial charge in [0.1, 0.15) is 12.3 Å². The molecule has 1 aliphatic heterocycles. The molecule has 1 atom stereocenters. The molecule has 0 saturated carbocycles. The van der Waals surface area contributed by atoms with Gasteiger partial charge in [-0.1, -0.05) is 23.7 Å². The molecule has 0 aliphatic carbocycles. The summed E-state index contributed by atoms with van der Waals surface area (Å²) in [6.07, 6.45) is 5.38. The summed E-state index contributed by atoms with van der Waals surface area (Å²) in [6, 6.07) is 8.80. The number of oxazole rings is 1. The molecule has 1 amide bonds. The largest absolute Gasteiger partial charge is 0.445 e. The molecule has 1 saturated heterocycles. The first-order valence-electron chi connectivity index (χ1n) is 9.74. The van der Waals surface area contributed by atoms with E-state index in [-0.39, 0.29) is 18.4 Å². The van der Waals surface area contributed by atoms with Crippen molar-refractivity contribution in [3.05, 3.63) is 85.8 Å². The number of hydrogen-bond acceptors (Lipinski definition) is 5. The second-order valence-corrected chi connectivity index (χ2v) is 7.82. The monoisotopic (exact) mass is 428 g/mol. The Hall–Kier alpha value is -3.13. The van der Waals surface area contributed by atoms with Gasteiger partial charge in [-0.15, -0.1) is 0 Å². The summed E-state index contributed by atoms with van der Waals surface area (Å²) in [4.78, 5) is 44.0. The maximum atomic E-state index is 12.7. The van der Waals surface area contributed by atoms with E-state index in [0.29, 0.717) is 30.4 Å². The van der Waals surface area contributed by atoms with E-state index in [1.807, 2.05) is 24.3 Å². The van der Waals surface area contributed by atoms with Crippen molar-refractivity contribution >= 4 is 17.5 Å². The average Bonchev–Trinajstić information content (AvgIpc) is 3.20. The molecule has 9 heteroatoms. The zero-order chi connectivity index (χ0) is 21.1. The van der Waals surface area contributed by atoms with Crippen LogP contribution in [-0.4, -0.2) is 38.4 Å². The summed E-state index contributed by atoms with van der Waals surface area (Å²) in [5.74, 6) is 1.21. The number of aromatic amines is 1. The van der Waals surface area contributed by atoms with Crippen LogP contribution in [0, 0.1) is 0 Å². The molecule has 2 aromatic heterocycles. The van der Waals surface area contributed by atoms with Crippen molar-refractivity contribution in [3.63, 3.8) is 0 Å². The normalized spacial score (nSPS) is 16.6. The SMILES string of the molecule is O=C(Cn1ccc(=O)[nH]c1=O)N1CCC[C@H](c2ncc(Cc3ccc(Cl)cc3)o2)C1. The van der Waals surface area contributed by atoms with Gasteiger partial charge in [-0.3, -0.25) is 19.1 Å². The van der Waals surface area contributed by atoms with Gasteiger partial charge in [0.25, 0.3) is 5.56 Å². The van der Waals surface area contributed by atoms with E-state index in [4.69, 9.17) is 16.0 Å². The third-order valence-corrected chi connectivity index (χ3v) is 5.44. The number of benzene rings is 1. The fourth-order valence-corrected chi connectivity index (χ4v) is 3.74. The highest BCUT2D eigenvalue weighted by Gasteiger charge is 2.28. The fraction of sp³-hybridized carbons (Fsp3) is 0.333. The van der Waals surface area contributed by atoms with Crippen LogP contribution in [0.25, 0.3) is 0 Å². The minimum Gasteiger partial charge on any atom is -0.445 e. The summed E-state index contributed by atoms with van der Waals surface area (Å²) in [7, 11) is 0. The van der Waals surface area contributed by atoms with Crippen molar-refractivity contribution in [1.29, 1.82) is 0 Å². The molecule has 0 unspecified atom stereocenters. The van der Waals surface area contributed by atoms with E-state index in [0.717, 1.165) is 24.2 Å². The molecule has 0 bridgehead atoms. The van der Waals surface area contributed by atoms with Crippen LogP contribution in [0.2, 0.25) is 5.02 Å². The Bertz CT molecular complexity index is 1150. The van der Waals surface area contributed by atoms with Crippen LogP contribution in [0.15, 0.2) is 56.7 Å². The number of likely N-dealkylation sites (tertiary alicyclic amines) is 1. The van der Waals surface area contributed by atoms with Crippen LogP contribution in [0.3, 0.4) is 0 Å². The van der Waals surface area contributed by atoms with Crippen LogP contribution in [0.4, 0.5) is 0 Å². The number of nitrogens with one attached hydrogen (secondary N) is 1. The Morgan fingerprint density at radius 3 is 2.80 bits per heavy atom. The minimum atomic E-state index is -0.594. The molecule has 4 rings (SSSR count). The van der Waals surface area contributed by atoms with Crippen LogP contribution in [-0.2, 0) is 17.8 Å². The van der Waals surface area contributed by atoms with Gasteiger partial charge in [0.15, 0.2) is 5.89 Å². The summed E-state index contributed by atoms with van der Waals surface area (Å²) in [5.41, 5.74) is -0.00196. The molecule has 156 valence electrons. The first kappa shape index (κ1) is 20.2. The van der Waals surface area contributed by atoms with E-state index < -0.39 is 11.2 Å². The van der Waals surface area contributed by atoms with Crippen molar-refractivity contribution in [2.45, 2.75) is 31.7 Å². The highest BCUT2D eigenvalue weighted by Crippen LogP contribution is 2.27. The molecule has 1 N–H and O–H groups in total. The Morgan fingerprint density at radius 1 is 1.23 bits per heavy atom. The average molecular weight is 429 g/mol. The first-order chi connectivity index (χ1) is 14.5. The molecule has 1 aliphatic rings. The van der Waals surface area contributed by atoms with Gasteiger partial charge in [-0.2, -0.15) is 0 Å².